The van der Waals surface area contributed by atoms with Gasteiger partial charge in [-0.25, -0.2) is 9.18 Å². The molecule has 0 atom stereocenters. The van der Waals surface area contributed by atoms with E-state index in [1.165, 1.54) is 21.8 Å². The summed E-state index contributed by atoms with van der Waals surface area (Å²) in [5.74, 6) is -0.307. The van der Waals surface area contributed by atoms with Gasteiger partial charge in [0.25, 0.3) is 0 Å². The van der Waals surface area contributed by atoms with Crippen LogP contribution >= 0.6 is 0 Å². The summed E-state index contributed by atoms with van der Waals surface area (Å²) in [7, 11) is 0. The second-order valence-electron chi connectivity index (χ2n) is 8.47. The van der Waals surface area contributed by atoms with Gasteiger partial charge in [-0.05, 0) is 69.0 Å². The lowest BCUT2D eigenvalue weighted by Crippen LogP contribution is -2.36. The maximum atomic E-state index is 15.4. The van der Waals surface area contributed by atoms with E-state index in [0.29, 0.717) is 13.1 Å². The normalized spacial score (nSPS) is 13.8. The van der Waals surface area contributed by atoms with Gasteiger partial charge >= 0.3 is 5.69 Å². The Balaban J connectivity index is 1.95. The van der Waals surface area contributed by atoms with Crippen molar-refractivity contribution in [3.63, 3.8) is 0 Å². The highest BCUT2D eigenvalue weighted by molar-refractivity contribution is 5.99. The molecule has 0 bridgehead atoms. The average Bonchev–Trinajstić information content (AvgIpc) is 3.09. The molecule has 2 heterocycles. The Labute approximate surface area is 187 Å². The monoisotopic (exact) mass is 436 g/mol. The molecule has 0 amide bonds. The van der Waals surface area contributed by atoms with E-state index < -0.39 is 11.5 Å². The van der Waals surface area contributed by atoms with E-state index in [1.54, 1.807) is 13.0 Å². The SMILES string of the molecule is CCn1c(CO)nn(-c2cc3c(cc2F)C(C)=C(c2ccccc2C)CN3C(C)C)c1=O. The van der Waals surface area contributed by atoms with Crippen LogP contribution in [0.1, 0.15) is 50.2 Å². The molecule has 1 aromatic heterocycles. The van der Waals surface area contributed by atoms with Gasteiger partial charge in [-0.15, -0.1) is 5.10 Å². The smallest absolute Gasteiger partial charge is 0.350 e. The van der Waals surface area contributed by atoms with Crippen LogP contribution < -0.4 is 10.6 Å². The molecule has 1 aliphatic rings. The van der Waals surface area contributed by atoms with Gasteiger partial charge in [-0.3, -0.25) is 4.57 Å². The third kappa shape index (κ3) is 3.46. The van der Waals surface area contributed by atoms with Gasteiger partial charge in [0.2, 0.25) is 0 Å². The minimum atomic E-state index is -0.523. The lowest BCUT2D eigenvalue weighted by molar-refractivity contribution is 0.264. The first-order chi connectivity index (χ1) is 15.3. The second kappa shape index (κ2) is 8.39. The number of aliphatic hydroxyl groups excluding tert-OH is 1. The number of hydrogen-bond acceptors (Lipinski definition) is 4. The van der Waals surface area contributed by atoms with Crippen LogP contribution in [0.25, 0.3) is 16.8 Å². The van der Waals surface area contributed by atoms with Crippen molar-refractivity contribution in [2.24, 2.45) is 0 Å². The van der Waals surface area contributed by atoms with Crippen molar-refractivity contribution in [3.8, 4) is 5.69 Å². The van der Waals surface area contributed by atoms with Crippen molar-refractivity contribution >= 4 is 16.8 Å². The van der Waals surface area contributed by atoms with Crippen molar-refractivity contribution in [1.82, 2.24) is 14.3 Å². The molecule has 1 aliphatic heterocycles. The predicted octanol–water partition coefficient (Wildman–Crippen LogP) is 4.15. The molecule has 3 aromatic rings. The zero-order valence-corrected chi connectivity index (χ0v) is 19.2. The molecule has 0 fully saturated rings. The fraction of sp³-hybridized carbons (Fsp3) is 0.360. The van der Waals surface area contributed by atoms with Crippen molar-refractivity contribution in [2.45, 2.75) is 53.8 Å². The highest BCUT2D eigenvalue weighted by Crippen LogP contribution is 2.41. The number of aryl methyl sites for hydroxylation is 1. The fourth-order valence-electron chi connectivity index (χ4n) is 4.48. The summed E-state index contributed by atoms with van der Waals surface area (Å²) in [6.07, 6.45) is 0. The van der Waals surface area contributed by atoms with Gasteiger partial charge < -0.3 is 10.0 Å². The summed E-state index contributed by atoms with van der Waals surface area (Å²) in [6, 6.07) is 11.6. The number of hydrogen-bond donors (Lipinski definition) is 1. The van der Waals surface area contributed by atoms with E-state index in [1.807, 2.05) is 19.1 Å². The van der Waals surface area contributed by atoms with Gasteiger partial charge in [0.05, 0.1) is 0 Å². The molecule has 0 aliphatic carbocycles. The number of aromatic nitrogens is 3. The lowest BCUT2D eigenvalue weighted by Gasteiger charge is -2.37. The number of benzene rings is 2. The first kappa shape index (κ1) is 22.0. The number of allylic oxidation sites excluding steroid dienone is 1. The van der Waals surface area contributed by atoms with E-state index in [4.69, 9.17) is 0 Å². The zero-order chi connectivity index (χ0) is 23.2. The number of nitrogens with zero attached hydrogens (tertiary/aromatic N) is 4. The van der Waals surface area contributed by atoms with Crippen LogP contribution in [0.4, 0.5) is 10.1 Å². The number of fused-ring (bicyclic) bond motifs is 1. The maximum absolute atomic E-state index is 15.4. The van der Waals surface area contributed by atoms with Crippen LogP contribution in [-0.4, -0.2) is 32.0 Å². The van der Waals surface area contributed by atoms with E-state index in [-0.39, 0.29) is 24.2 Å². The summed E-state index contributed by atoms with van der Waals surface area (Å²) in [6.45, 7) is 10.8. The Hall–Kier alpha value is -3.19. The summed E-state index contributed by atoms with van der Waals surface area (Å²) in [5.41, 5.74) is 5.86. The molecule has 0 saturated heterocycles. The molecule has 0 unspecified atom stereocenters. The average molecular weight is 437 g/mol. The molecule has 168 valence electrons. The van der Waals surface area contributed by atoms with Gasteiger partial charge in [0.1, 0.15) is 18.1 Å². The van der Waals surface area contributed by atoms with Crippen LogP contribution in [0.3, 0.4) is 0 Å². The van der Waals surface area contributed by atoms with E-state index in [0.717, 1.165) is 27.1 Å². The fourth-order valence-corrected chi connectivity index (χ4v) is 4.48. The summed E-state index contributed by atoms with van der Waals surface area (Å²) in [5, 5.41) is 13.8. The highest BCUT2D eigenvalue weighted by Gasteiger charge is 2.28. The largest absolute Gasteiger partial charge is 0.388 e. The van der Waals surface area contributed by atoms with Crippen molar-refractivity contribution in [3.05, 3.63) is 75.2 Å². The Morgan fingerprint density at radius 1 is 1.12 bits per heavy atom. The van der Waals surface area contributed by atoms with Crippen LogP contribution in [0.15, 0.2) is 41.2 Å². The quantitative estimate of drug-likeness (QED) is 0.653. The highest BCUT2D eigenvalue weighted by atomic mass is 19.1. The van der Waals surface area contributed by atoms with Gasteiger partial charge in [0, 0.05) is 30.4 Å². The standard InChI is InChI=1S/C25H29FN4O2/c1-6-28-24(14-31)27-30(25(28)32)23-12-22-19(11-21(23)26)17(5)20(13-29(22)15(2)3)18-10-8-7-9-16(18)4/h7-12,15,31H,6,13-14H2,1-5H3. The van der Waals surface area contributed by atoms with Crippen LogP contribution in [-0.2, 0) is 13.2 Å². The van der Waals surface area contributed by atoms with Gasteiger partial charge in [0.15, 0.2) is 5.82 Å². The molecule has 32 heavy (non-hydrogen) atoms. The van der Waals surface area contributed by atoms with E-state index in [9.17, 15) is 9.90 Å². The van der Waals surface area contributed by atoms with Crippen molar-refractivity contribution < 1.29 is 9.50 Å². The predicted molar refractivity (Wildman–Crippen MR) is 126 cm³/mol. The minimum Gasteiger partial charge on any atom is -0.388 e. The first-order valence-electron chi connectivity index (χ1n) is 10.9. The summed E-state index contributed by atoms with van der Waals surface area (Å²) >= 11 is 0. The van der Waals surface area contributed by atoms with Crippen LogP contribution in [0, 0.1) is 12.7 Å². The molecule has 6 nitrogen and oxygen atoms in total. The molecular weight excluding hydrogens is 407 g/mol. The molecular formula is C25H29FN4O2. The van der Waals surface area contributed by atoms with Gasteiger partial charge in [-0.2, -0.15) is 4.68 Å². The third-order valence-corrected chi connectivity index (χ3v) is 6.28. The Kier molecular flexibility index (Phi) is 5.77. The number of aliphatic hydroxyl groups is 1. The van der Waals surface area contributed by atoms with Crippen molar-refractivity contribution in [2.75, 3.05) is 11.4 Å². The molecule has 1 N–H and O–H groups in total. The van der Waals surface area contributed by atoms with Crippen molar-refractivity contribution in [1.29, 1.82) is 0 Å². The number of halogens is 1. The number of anilines is 1. The Morgan fingerprint density at radius 3 is 2.44 bits per heavy atom. The van der Waals surface area contributed by atoms with Gasteiger partial charge in [-0.1, -0.05) is 24.3 Å². The molecule has 0 saturated carbocycles. The molecule has 2 aromatic carbocycles. The minimum absolute atomic E-state index is 0.0911. The van der Waals surface area contributed by atoms with E-state index in [2.05, 4.69) is 42.9 Å². The number of rotatable bonds is 5. The molecule has 0 spiro atoms. The molecule has 0 radical (unpaired) electrons. The topological polar surface area (TPSA) is 63.3 Å². The lowest BCUT2D eigenvalue weighted by atomic mass is 9.87. The Bertz CT molecular complexity index is 1270. The maximum Gasteiger partial charge on any atom is 0.350 e. The summed E-state index contributed by atoms with van der Waals surface area (Å²) in [4.78, 5) is 15.0. The summed E-state index contributed by atoms with van der Waals surface area (Å²) < 4.78 is 17.8. The Morgan fingerprint density at radius 2 is 1.84 bits per heavy atom. The van der Waals surface area contributed by atoms with Crippen LogP contribution in [0.2, 0.25) is 0 Å². The van der Waals surface area contributed by atoms with E-state index >= 15 is 4.39 Å². The molecule has 7 heteroatoms. The second-order valence-corrected chi connectivity index (χ2v) is 8.47. The third-order valence-electron chi connectivity index (χ3n) is 6.28. The first-order valence-corrected chi connectivity index (χ1v) is 10.9. The zero-order valence-electron chi connectivity index (χ0n) is 19.2. The molecule has 4 rings (SSSR count). The van der Waals surface area contributed by atoms with Crippen LogP contribution in [0.5, 0.6) is 0 Å².